The highest BCUT2D eigenvalue weighted by Gasteiger charge is 2.21. The Labute approximate surface area is 170 Å². The second kappa shape index (κ2) is 8.04. The SMILES string of the molecule is CC(C)(C)n1cc(CN2CCN(Cc3nnc(-c4ccc(F)cc4)o3)CC2)cn1. The van der Waals surface area contributed by atoms with Gasteiger partial charge in [0.1, 0.15) is 5.82 Å². The second-order valence-electron chi connectivity index (χ2n) is 8.52. The van der Waals surface area contributed by atoms with Crippen LogP contribution in [-0.2, 0) is 18.6 Å². The number of halogens is 1. The number of benzene rings is 1. The number of hydrogen-bond acceptors (Lipinski definition) is 6. The standard InChI is InChI=1S/C21H27FN6O/c1-21(2,3)28-14-16(12-23-28)13-26-8-10-27(11-9-26)15-19-24-25-20(29-19)17-4-6-18(22)7-5-17/h4-7,12,14H,8-11,13,15H2,1-3H3. The molecule has 0 amide bonds. The normalized spacial score (nSPS) is 16.4. The Morgan fingerprint density at radius 1 is 0.966 bits per heavy atom. The summed E-state index contributed by atoms with van der Waals surface area (Å²) < 4.78 is 20.8. The number of hydrogen-bond donors (Lipinski definition) is 0. The number of nitrogens with zero attached hydrogens (tertiary/aromatic N) is 6. The first-order valence-corrected chi connectivity index (χ1v) is 9.94. The topological polar surface area (TPSA) is 63.2 Å². The Morgan fingerprint density at radius 2 is 1.62 bits per heavy atom. The van der Waals surface area contributed by atoms with Crippen LogP contribution in [0, 0.1) is 5.82 Å². The van der Waals surface area contributed by atoms with Crippen LogP contribution in [0.3, 0.4) is 0 Å². The Hall–Kier alpha value is -2.58. The molecule has 29 heavy (non-hydrogen) atoms. The van der Waals surface area contributed by atoms with Crippen LogP contribution in [0.1, 0.15) is 32.2 Å². The first-order chi connectivity index (χ1) is 13.9. The van der Waals surface area contributed by atoms with Crippen molar-refractivity contribution in [3.8, 4) is 11.5 Å². The van der Waals surface area contributed by atoms with Gasteiger partial charge in [-0.05, 0) is 45.0 Å². The lowest BCUT2D eigenvalue weighted by atomic mass is 10.1. The van der Waals surface area contributed by atoms with Gasteiger partial charge in [0.15, 0.2) is 0 Å². The van der Waals surface area contributed by atoms with Gasteiger partial charge < -0.3 is 4.42 Å². The third-order valence-corrected chi connectivity index (χ3v) is 5.11. The number of rotatable bonds is 5. The Morgan fingerprint density at radius 3 is 2.24 bits per heavy atom. The summed E-state index contributed by atoms with van der Waals surface area (Å²) >= 11 is 0. The van der Waals surface area contributed by atoms with Gasteiger partial charge in [-0.25, -0.2) is 4.39 Å². The highest BCUT2D eigenvalue weighted by atomic mass is 19.1. The van der Waals surface area contributed by atoms with E-state index < -0.39 is 0 Å². The molecule has 0 unspecified atom stereocenters. The van der Waals surface area contributed by atoms with Gasteiger partial charge in [-0.15, -0.1) is 10.2 Å². The largest absolute Gasteiger partial charge is 0.419 e. The van der Waals surface area contributed by atoms with Gasteiger partial charge in [-0.2, -0.15) is 5.10 Å². The first kappa shape index (κ1) is 19.7. The molecule has 8 heteroatoms. The highest BCUT2D eigenvalue weighted by molar-refractivity contribution is 5.51. The van der Waals surface area contributed by atoms with Crippen molar-refractivity contribution in [1.82, 2.24) is 29.8 Å². The van der Waals surface area contributed by atoms with Gasteiger partial charge in [0, 0.05) is 50.0 Å². The van der Waals surface area contributed by atoms with Gasteiger partial charge in [0.05, 0.1) is 18.3 Å². The molecule has 1 aliphatic rings. The van der Waals surface area contributed by atoms with Crippen LogP contribution in [0.2, 0.25) is 0 Å². The minimum Gasteiger partial charge on any atom is -0.419 e. The minimum atomic E-state index is -0.280. The fraction of sp³-hybridized carbons (Fsp3) is 0.476. The van der Waals surface area contributed by atoms with Crippen molar-refractivity contribution in [3.05, 3.63) is 53.9 Å². The summed E-state index contributed by atoms with van der Waals surface area (Å²) in [5.41, 5.74) is 1.98. The predicted molar refractivity (Wildman–Crippen MR) is 107 cm³/mol. The van der Waals surface area contributed by atoms with Gasteiger partial charge in [0.2, 0.25) is 11.8 Å². The van der Waals surface area contributed by atoms with Crippen LogP contribution in [0.4, 0.5) is 4.39 Å². The van der Waals surface area contributed by atoms with Crippen LogP contribution in [0.25, 0.3) is 11.5 Å². The summed E-state index contributed by atoms with van der Waals surface area (Å²) in [6.07, 6.45) is 4.11. The maximum Gasteiger partial charge on any atom is 0.247 e. The molecule has 1 fully saturated rings. The molecular formula is C21H27FN6O. The average Bonchev–Trinajstić information content (AvgIpc) is 3.34. The third kappa shape index (κ3) is 4.89. The molecule has 0 aliphatic carbocycles. The Kier molecular flexibility index (Phi) is 5.47. The van der Waals surface area contributed by atoms with E-state index in [0.29, 0.717) is 18.3 Å². The summed E-state index contributed by atoms with van der Waals surface area (Å²) in [5, 5.41) is 12.7. The van der Waals surface area contributed by atoms with Crippen LogP contribution < -0.4 is 0 Å². The Balaban J connectivity index is 1.28. The monoisotopic (exact) mass is 398 g/mol. The first-order valence-electron chi connectivity index (χ1n) is 9.94. The Bertz CT molecular complexity index is 935. The zero-order chi connectivity index (χ0) is 20.4. The quantitative estimate of drug-likeness (QED) is 0.658. The molecule has 2 aromatic heterocycles. The van der Waals surface area contributed by atoms with Crippen LogP contribution >= 0.6 is 0 Å². The molecule has 1 aliphatic heterocycles. The van der Waals surface area contributed by atoms with Gasteiger partial charge >= 0.3 is 0 Å². The van der Waals surface area contributed by atoms with Crippen molar-refractivity contribution in [2.75, 3.05) is 26.2 Å². The van der Waals surface area contributed by atoms with Crippen LogP contribution in [-0.4, -0.2) is 56.0 Å². The molecule has 0 atom stereocenters. The van der Waals surface area contributed by atoms with Crippen LogP contribution in [0.5, 0.6) is 0 Å². The molecule has 154 valence electrons. The zero-order valence-corrected chi connectivity index (χ0v) is 17.2. The van der Waals surface area contributed by atoms with Gasteiger partial charge in [0.25, 0.3) is 0 Å². The van der Waals surface area contributed by atoms with E-state index in [2.05, 4.69) is 52.1 Å². The molecule has 4 rings (SSSR count). The summed E-state index contributed by atoms with van der Waals surface area (Å²) in [7, 11) is 0. The molecule has 3 aromatic rings. The summed E-state index contributed by atoms with van der Waals surface area (Å²) in [6.45, 7) is 11.9. The maximum atomic E-state index is 13.1. The van der Waals surface area contributed by atoms with E-state index in [1.54, 1.807) is 12.1 Å². The molecule has 7 nitrogen and oxygen atoms in total. The van der Waals surface area contributed by atoms with Crippen molar-refractivity contribution in [3.63, 3.8) is 0 Å². The van der Waals surface area contributed by atoms with E-state index in [4.69, 9.17) is 4.42 Å². The molecule has 0 spiro atoms. The predicted octanol–water partition coefficient (Wildman–Crippen LogP) is 3.15. The van der Waals surface area contributed by atoms with Crippen molar-refractivity contribution in [2.45, 2.75) is 39.4 Å². The maximum absolute atomic E-state index is 13.1. The van der Waals surface area contributed by atoms with E-state index in [1.807, 2.05) is 10.9 Å². The summed E-state index contributed by atoms with van der Waals surface area (Å²) in [4.78, 5) is 4.76. The molecule has 0 saturated carbocycles. The summed E-state index contributed by atoms with van der Waals surface area (Å²) in [5.74, 6) is 0.732. The number of aromatic nitrogens is 4. The average molecular weight is 398 g/mol. The van der Waals surface area contributed by atoms with E-state index in [-0.39, 0.29) is 11.4 Å². The van der Waals surface area contributed by atoms with E-state index in [0.717, 1.165) is 38.3 Å². The third-order valence-electron chi connectivity index (χ3n) is 5.11. The molecule has 0 radical (unpaired) electrons. The van der Waals surface area contributed by atoms with E-state index in [1.165, 1.54) is 17.7 Å². The number of piperazine rings is 1. The molecule has 3 heterocycles. The van der Waals surface area contributed by atoms with Crippen molar-refractivity contribution < 1.29 is 8.81 Å². The zero-order valence-electron chi connectivity index (χ0n) is 17.2. The van der Waals surface area contributed by atoms with E-state index >= 15 is 0 Å². The molecule has 0 bridgehead atoms. The van der Waals surface area contributed by atoms with Crippen LogP contribution in [0.15, 0.2) is 41.1 Å². The highest BCUT2D eigenvalue weighted by Crippen LogP contribution is 2.19. The van der Waals surface area contributed by atoms with E-state index in [9.17, 15) is 4.39 Å². The van der Waals surface area contributed by atoms with Gasteiger partial charge in [-0.3, -0.25) is 14.5 Å². The lowest BCUT2D eigenvalue weighted by Gasteiger charge is -2.33. The fourth-order valence-corrected chi connectivity index (χ4v) is 3.39. The summed E-state index contributed by atoms with van der Waals surface area (Å²) in [6, 6.07) is 6.08. The lowest BCUT2D eigenvalue weighted by molar-refractivity contribution is 0.114. The second-order valence-corrected chi connectivity index (χ2v) is 8.52. The molecule has 1 saturated heterocycles. The van der Waals surface area contributed by atoms with Crippen molar-refractivity contribution in [2.24, 2.45) is 0 Å². The smallest absolute Gasteiger partial charge is 0.247 e. The minimum absolute atomic E-state index is 0.00773. The van der Waals surface area contributed by atoms with Gasteiger partial charge in [-0.1, -0.05) is 0 Å². The fourth-order valence-electron chi connectivity index (χ4n) is 3.39. The molecular weight excluding hydrogens is 371 g/mol. The molecule has 0 N–H and O–H groups in total. The van der Waals surface area contributed by atoms with Crippen molar-refractivity contribution >= 4 is 0 Å². The lowest BCUT2D eigenvalue weighted by Crippen LogP contribution is -2.45. The van der Waals surface area contributed by atoms with Crippen molar-refractivity contribution in [1.29, 1.82) is 0 Å². The molecule has 1 aromatic carbocycles.